The fourth-order valence-corrected chi connectivity index (χ4v) is 3.65. The van der Waals surface area contributed by atoms with Gasteiger partial charge in [-0.3, -0.25) is 4.79 Å². The standard InChI is InChI=1S/C17H28N4O2/c1-16(2)12-21(13(22)10-17(11-18)4-5-17)14(16)15-19-6-7-20(15)8-9-23-3/h6-7,14H,4-5,8-12,18H2,1-3H3. The van der Waals surface area contributed by atoms with Gasteiger partial charge in [0.15, 0.2) is 0 Å². The first-order chi connectivity index (χ1) is 10.9. The van der Waals surface area contributed by atoms with E-state index in [2.05, 4.69) is 23.4 Å². The predicted octanol–water partition coefficient (Wildman–Crippen LogP) is 1.57. The number of aromatic nitrogens is 2. The molecule has 1 amide bonds. The summed E-state index contributed by atoms with van der Waals surface area (Å²) in [4.78, 5) is 19.3. The van der Waals surface area contributed by atoms with Crippen LogP contribution in [0.1, 0.15) is 45.0 Å². The van der Waals surface area contributed by atoms with Crippen LogP contribution in [0.3, 0.4) is 0 Å². The minimum Gasteiger partial charge on any atom is -0.383 e. The minimum atomic E-state index is 0.0374. The minimum absolute atomic E-state index is 0.0374. The zero-order valence-corrected chi connectivity index (χ0v) is 14.4. The van der Waals surface area contributed by atoms with Crippen LogP contribution in [0.5, 0.6) is 0 Å². The van der Waals surface area contributed by atoms with Crippen LogP contribution in [0.2, 0.25) is 0 Å². The molecule has 128 valence electrons. The molecule has 0 radical (unpaired) electrons. The summed E-state index contributed by atoms with van der Waals surface area (Å²) < 4.78 is 7.28. The van der Waals surface area contributed by atoms with E-state index in [0.29, 0.717) is 19.6 Å². The maximum Gasteiger partial charge on any atom is 0.223 e. The number of imidazole rings is 1. The smallest absolute Gasteiger partial charge is 0.223 e. The van der Waals surface area contributed by atoms with E-state index in [1.807, 2.05) is 17.3 Å². The van der Waals surface area contributed by atoms with Crippen molar-refractivity contribution in [3.8, 4) is 0 Å². The Morgan fingerprint density at radius 2 is 2.22 bits per heavy atom. The Morgan fingerprint density at radius 1 is 1.48 bits per heavy atom. The summed E-state index contributed by atoms with van der Waals surface area (Å²) in [5, 5.41) is 0. The summed E-state index contributed by atoms with van der Waals surface area (Å²) in [5.74, 6) is 1.18. The van der Waals surface area contributed by atoms with E-state index >= 15 is 0 Å². The second-order valence-corrected chi connectivity index (χ2v) is 7.77. The Kier molecular flexibility index (Phi) is 4.23. The van der Waals surface area contributed by atoms with Crippen molar-refractivity contribution in [2.75, 3.05) is 26.8 Å². The molecule has 1 unspecified atom stereocenters. The molecule has 2 heterocycles. The van der Waals surface area contributed by atoms with E-state index in [-0.39, 0.29) is 22.8 Å². The maximum atomic E-state index is 12.8. The number of likely N-dealkylation sites (tertiary alicyclic amines) is 1. The van der Waals surface area contributed by atoms with E-state index in [0.717, 1.165) is 31.8 Å². The van der Waals surface area contributed by atoms with Gasteiger partial charge in [0.1, 0.15) is 5.82 Å². The summed E-state index contributed by atoms with van der Waals surface area (Å²) in [7, 11) is 1.70. The highest BCUT2D eigenvalue weighted by atomic mass is 16.5. The van der Waals surface area contributed by atoms with Gasteiger partial charge in [-0.25, -0.2) is 4.98 Å². The van der Waals surface area contributed by atoms with Gasteiger partial charge in [0, 0.05) is 44.4 Å². The lowest BCUT2D eigenvalue weighted by Gasteiger charge is -2.54. The fraction of sp³-hybridized carbons (Fsp3) is 0.765. The molecule has 1 aliphatic carbocycles. The predicted molar refractivity (Wildman–Crippen MR) is 87.7 cm³/mol. The number of hydrogen-bond donors (Lipinski definition) is 1. The van der Waals surface area contributed by atoms with Crippen LogP contribution < -0.4 is 5.73 Å². The summed E-state index contributed by atoms with van der Waals surface area (Å²) in [6.45, 7) is 7.20. The summed E-state index contributed by atoms with van der Waals surface area (Å²) in [6, 6.07) is 0.0374. The third kappa shape index (κ3) is 3.02. The van der Waals surface area contributed by atoms with Crippen LogP contribution in [-0.4, -0.2) is 47.2 Å². The van der Waals surface area contributed by atoms with Crippen LogP contribution >= 0.6 is 0 Å². The van der Waals surface area contributed by atoms with Gasteiger partial charge in [-0.05, 0) is 24.8 Å². The van der Waals surface area contributed by atoms with Gasteiger partial charge in [0.05, 0.1) is 12.6 Å². The van der Waals surface area contributed by atoms with Gasteiger partial charge < -0.3 is 19.9 Å². The quantitative estimate of drug-likeness (QED) is 0.827. The highest BCUT2D eigenvalue weighted by molar-refractivity contribution is 5.79. The number of carbonyl (C=O) groups is 1. The number of amides is 1. The van der Waals surface area contributed by atoms with Gasteiger partial charge in [-0.15, -0.1) is 0 Å². The molecule has 2 N–H and O–H groups in total. The molecular formula is C17H28N4O2. The van der Waals surface area contributed by atoms with Crippen LogP contribution in [-0.2, 0) is 16.1 Å². The molecule has 2 aliphatic rings. The first-order valence-electron chi connectivity index (χ1n) is 8.42. The zero-order valence-electron chi connectivity index (χ0n) is 14.4. The monoisotopic (exact) mass is 320 g/mol. The molecule has 1 saturated carbocycles. The lowest BCUT2D eigenvalue weighted by molar-refractivity contribution is -0.154. The van der Waals surface area contributed by atoms with Crippen LogP contribution in [0.25, 0.3) is 0 Å². The molecule has 0 bridgehead atoms. The van der Waals surface area contributed by atoms with E-state index in [1.54, 1.807) is 7.11 Å². The second-order valence-electron chi connectivity index (χ2n) is 7.77. The number of carbonyl (C=O) groups excluding carboxylic acids is 1. The lowest BCUT2D eigenvalue weighted by Crippen LogP contribution is -2.59. The number of ether oxygens (including phenoxy) is 1. The molecule has 1 aromatic rings. The molecule has 1 aromatic heterocycles. The number of nitrogens with zero attached hydrogens (tertiary/aromatic N) is 3. The fourth-order valence-electron chi connectivity index (χ4n) is 3.65. The molecule has 1 aliphatic heterocycles. The molecule has 1 atom stereocenters. The van der Waals surface area contributed by atoms with Crippen LogP contribution in [0.15, 0.2) is 12.4 Å². The Morgan fingerprint density at radius 3 is 2.78 bits per heavy atom. The van der Waals surface area contributed by atoms with E-state index in [9.17, 15) is 4.79 Å². The number of nitrogens with two attached hydrogens (primary N) is 1. The summed E-state index contributed by atoms with van der Waals surface area (Å²) >= 11 is 0. The molecule has 23 heavy (non-hydrogen) atoms. The molecule has 0 spiro atoms. The van der Waals surface area contributed by atoms with E-state index < -0.39 is 0 Å². The molecule has 3 rings (SSSR count). The average molecular weight is 320 g/mol. The number of rotatable bonds is 7. The second kappa shape index (κ2) is 5.91. The SMILES string of the molecule is COCCn1ccnc1C1N(C(=O)CC2(CN)CC2)CC1(C)C. The van der Waals surface area contributed by atoms with Gasteiger partial charge in [0.2, 0.25) is 5.91 Å². The third-order valence-electron chi connectivity index (χ3n) is 5.40. The number of hydrogen-bond acceptors (Lipinski definition) is 4. The van der Waals surface area contributed by atoms with Crippen molar-refractivity contribution in [1.29, 1.82) is 0 Å². The van der Waals surface area contributed by atoms with Crippen molar-refractivity contribution < 1.29 is 9.53 Å². The van der Waals surface area contributed by atoms with Crippen molar-refractivity contribution in [3.63, 3.8) is 0 Å². The Balaban J connectivity index is 1.75. The largest absolute Gasteiger partial charge is 0.383 e. The Bertz CT molecular complexity index is 577. The normalized spacial score (nSPS) is 24.3. The Hall–Kier alpha value is -1.40. The van der Waals surface area contributed by atoms with Crippen LogP contribution in [0, 0.1) is 10.8 Å². The van der Waals surface area contributed by atoms with Crippen molar-refractivity contribution in [2.24, 2.45) is 16.6 Å². The van der Waals surface area contributed by atoms with Crippen molar-refractivity contribution in [2.45, 2.75) is 45.7 Å². The highest BCUT2D eigenvalue weighted by Crippen LogP contribution is 2.52. The Labute approximate surface area is 138 Å². The van der Waals surface area contributed by atoms with Gasteiger partial charge in [0.25, 0.3) is 0 Å². The topological polar surface area (TPSA) is 73.4 Å². The van der Waals surface area contributed by atoms with E-state index in [1.165, 1.54) is 0 Å². The maximum absolute atomic E-state index is 12.8. The highest BCUT2D eigenvalue weighted by Gasteiger charge is 2.53. The van der Waals surface area contributed by atoms with Gasteiger partial charge >= 0.3 is 0 Å². The van der Waals surface area contributed by atoms with Crippen molar-refractivity contribution in [3.05, 3.63) is 18.2 Å². The molecule has 2 fully saturated rings. The first-order valence-corrected chi connectivity index (χ1v) is 8.42. The van der Waals surface area contributed by atoms with Crippen LogP contribution in [0.4, 0.5) is 0 Å². The lowest BCUT2D eigenvalue weighted by atomic mass is 9.74. The summed E-state index contributed by atoms with van der Waals surface area (Å²) in [5.41, 5.74) is 5.96. The molecule has 0 aromatic carbocycles. The molecule has 1 saturated heterocycles. The average Bonchev–Trinajstić information content (AvgIpc) is 3.14. The molecule has 6 nitrogen and oxygen atoms in total. The van der Waals surface area contributed by atoms with Gasteiger partial charge in [-0.2, -0.15) is 0 Å². The molecular weight excluding hydrogens is 292 g/mol. The van der Waals surface area contributed by atoms with Crippen molar-refractivity contribution >= 4 is 5.91 Å². The van der Waals surface area contributed by atoms with Gasteiger partial charge in [-0.1, -0.05) is 13.8 Å². The van der Waals surface area contributed by atoms with Crippen molar-refractivity contribution in [1.82, 2.24) is 14.5 Å². The first kappa shape index (κ1) is 16.5. The zero-order chi connectivity index (χ0) is 16.7. The number of methoxy groups -OCH3 is 1. The third-order valence-corrected chi connectivity index (χ3v) is 5.40. The van der Waals surface area contributed by atoms with E-state index in [4.69, 9.17) is 10.5 Å². The molecule has 6 heteroatoms. The summed E-state index contributed by atoms with van der Waals surface area (Å²) in [6.07, 6.45) is 6.52.